The summed E-state index contributed by atoms with van der Waals surface area (Å²) in [6.45, 7) is 2.60. The fourth-order valence-corrected chi connectivity index (χ4v) is 3.69. The second kappa shape index (κ2) is 6.72. The van der Waals surface area contributed by atoms with Crippen LogP contribution in [0.4, 0.5) is 5.69 Å². The first-order valence-electron chi connectivity index (χ1n) is 8.17. The highest BCUT2D eigenvalue weighted by molar-refractivity contribution is 8.00. The molecule has 1 amide bonds. The Kier molecular flexibility index (Phi) is 4.28. The van der Waals surface area contributed by atoms with Crippen molar-refractivity contribution in [3.63, 3.8) is 0 Å². The molecule has 0 bridgehead atoms. The molecule has 2 heterocycles. The molecule has 0 saturated heterocycles. The molecule has 3 aromatic rings. The van der Waals surface area contributed by atoms with E-state index in [1.54, 1.807) is 0 Å². The Hall–Kier alpha value is -2.60. The van der Waals surface area contributed by atoms with Crippen LogP contribution in [0.2, 0.25) is 0 Å². The standard InChI is InChI=1S/C19H17N3O2S/c1-13(18(23)22-12-11-14-7-5-6-10-16(14)22)25-19-21-20-17(24-19)15-8-3-2-4-9-15/h2-10,13H,11-12H2,1H3/t13-/m0/s1. The third-order valence-corrected chi connectivity index (χ3v) is 5.13. The molecular weight excluding hydrogens is 334 g/mol. The van der Waals surface area contributed by atoms with Crippen molar-refractivity contribution < 1.29 is 9.21 Å². The van der Waals surface area contributed by atoms with Crippen LogP contribution in [0.1, 0.15) is 12.5 Å². The minimum atomic E-state index is -0.296. The van der Waals surface area contributed by atoms with Crippen molar-refractivity contribution in [2.75, 3.05) is 11.4 Å². The lowest BCUT2D eigenvalue weighted by Crippen LogP contribution is -2.35. The van der Waals surface area contributed by atoms with Gasteiger partial charge < -0.3 is 9.32 Å². The van der Waals surface area contributed by atoms with Crippen molar-refractivity contribution in [2.45, 2.75) is 23.8 Å². The fraction of sp³-hybridized carbons (Fsp3) is 0.211. The summed E-state index contributed by atoms with van der Waals surface area (Å²) in [5.41, 5.74) is 3.10. The van der Waals surface area contributed by atoms with Crippen molar-refractivity contribution in [3.05, 3.63) is 60.2 Å². The number of carbonyl (C=O) groups is 1. The van der Waals surface area contributed by atoms with Gasteiger partial charge in [-0.3, -0.25) is 4.79 Å². The van der Waals surface area contributed by atoms with Crippen LogP contribution in [0.3, 0.4) is 0 Å². The van der Waals surface area contributed by atoms with Crippen LogP contribution in [0.15, 0.2) is 64.2 Å². The van der Waals surface area contributed by atoms with Gasteiger partial charge in [-0.1, -0.05) is 48.2 Å². The van der Waals surface area contributed by atoms with E-state index in [9.17, 15) is 4.79 Å². The number of para-hydroxylation sites is 1. The quantitative estimate of drug-likeness (QED) is 0.669. The summed E-state index contributed by atoms with van der Waals surface area (Å²) in [7, 11) is 0. The van der Waals surface area contributed by atoms with E-state index in [1.165, 1.54) is 17.3 Å². The number of hydrogen-bond acceptors (Lipinski definition) is 5. The zero-order valence-corrected chi connectivity index (χ0v) is 14.6. The zero-order chi connectivity index (χ0) is 17.2. The number of anilines is 1. The highest BCUT2D eigenvalue weighted by atomic mass is 32.2. The van der Waals surface area contributed by atoms with E-state index in [4.69, 9.17) is 4.42 Å². The molecule has 0 N–H and O–H groups in total. The molecular formula is C19H17N3O2S. The molecule has 25 heavy (non-hydrogen) atoms. The highest BCUT2D eigenvalue weighted by Gasteiger charge is 2.29. The molecule has 1 aliphatic rings. The summed E-state index contributed by atoms with van der Waals surface area (Å²) >= 11 is 1.30. The van der Waals surface area contributed by atoms with Crippen molar-refractivity contribution in [1.82, 2.24) is 10.2 Å². The van der Waals surface area contributed by atoms with E-state index in [0.29, 0.717) is 11.1 Å². The molecule has 1 aromatic heterocycles. The second-order valence-corrected chi connectivity index (χ2v) is 7.16. The smallest absolute Gasteiger partial charge is 0.277 e. The predicted molar refractivity (Wildman–Crippen MR) is 97.6 cm³/mol. The molecule has 126 valence electrons. The minimum absolute atomic E-state index is 0.0643. The Morgan fingerprint density at radius 1 is 1.12 bits per heavy atom. The molecule has 6 heteroatoms. The molecule has 0 saturated carbocycles. The number of aromatic nitrogens is 2. The van der Waals surface area contributed by atoms with Gasteiger partial charge in [0.15, 0.2) is 0 Å². The maximum atomic E-state index is 12.8. The summed E-state index contributed by atoms with van der Waals surface area (Å²) in [5, 5.41) is 8.24. The van der Waals surface area contributed by atoms with Crippen molar-refractivity contribution in [1.29, 1.82) is 0 Å². The van der Waals surface area contributed by atoms with Gasteiger partial charge in [0.05, 0.1) is 5.25 Å². The molecule has 2 aromatic carbocycles. The lowest BCUT2D eigenvalue weighted by molar-refractivity contribution is -0.117. The zero-order valence-electron chi connectivity index (χ0n) is 13.8. The van der Waals surface area contributed by atoms with Crippen molar-refractivity contribution in [3.8, 4) is 11.5 Å². The molecule has 0 aliphatic carbocycles. The highest BCUT2D eigenvalue weighted by Crippen LogP contribution is 2.32. The van der Waals surface area contributed by atoms with Gasteiger partial charge in [-0.25, -0.2) is 0 Å². The first-order valence-corrected chi connectivity index (χ1v) is 9.05. The van der Waals surface area contributed by atoms with Crippen LogP contribution in [0, 0.1) is 0 Å². The van der Waals surface area contributed by atoms with Gasteiger partial charge in [0.25, 0.3) is 5.22 Å². The molecule has 0 spiro atoms. The van der Waals surface area contributed by atoms with Gasteiger partial charge in [0.2, 0.25) is 11.8 Å². The summed E-state index contributed by atoms with van der Waals surface area (Å²) in [4.78, 5) is 14.7. The Bertz CT molecular complexity index is 894. The average molecular weight is 351 g/mol. The Morgan fingerprint density at radius 2 is 1.88 bits per heavy atom. The second-order valence-electron chi connectivity index (χ2n) is 5.87. The fourth-order valence-electron chi connectivity index (χ4n) is 2.94. The van der Waals surface area contributed by atoms with Crippen molar-refractivity contribution in [2.24, 2.45) is 0 Å². The summed E-state index contributed by atoms with van der Waals surface area (Å²) in [6, 6.07) is 17.6. The van der Waals surface area contributed by atoms with Crippen LogP contribution in [-0.4, -0.2) is 27.9 Å². The lowest BCUT2D eigenvalue weighted by Gasteiger charge is -2.20. The molecule has 5 nitrogen and oxygen atoms in total. The number of amides is 1. The average Bonchev–Trinajstić information content (AvgIpc) is 3.29. The molecule has 4 rings (SSSR count). The molecule has 0 fully saturated rings. The molecule has 1 aliphatic heterocycles. The largest absolute Gasteiger partial charge is 0.411 e. The van der Waals surface area contributed by atoms with E-state index in [1.807, 2.05) is 60.4 Å². The summed E-state index contributed by atoms with van der Waals surface area (Å²) < 4.78 is 5.69. The van der Waals surface area contributed by atoms with Gasteiger partial charge in [-0.15, -0.1) is 10.2 Å². The number of rotatable bonds is 4. The van der Waals surface area contributed by atoms with Crippen molar-refractivity contribution >= 4 is 23.4 Å². The molecule has 0 unspecified atom stereocenters. The third kappa shape index (κ3) is 3.17. The molecule has 0 radical (unpaired) electrons. The Morgan fingerprint density at radius 3 is 2.72 bits per heavy atom. The first-order chi connectivity index (χ1) is 12.2. The number of hydrogen-bond donors (Lipinski definition) is 0. The monoisotopic (exact) mass is 351 g/mol. The topological polar surface area (TPSA) is 59.2 Å². The maximum Gasteiger partial charge on any atom is 0.277 e. The van der Waals surface area contributed by atoms with Gasteiger partial charge in [0, 0.05) is 17.8 Å². The van der Waals surface area contributed by atoms with Gasteiger partial charge in [0.1, 0.15) is 0 Å². The lowest BCUT2D eigenvalue weighted by atomic mass is 10.2. The summed E-state index contributed by atoms with van der Waals surface area (Å²) in [5.74, 6) is 0.531. The summed E-state index contributed by atoms with van der Waals surface area (Å²) in [6.07, 6.45) is 0.901. The number of carbonyl (C=O) groups excluding carboxylic acids is 1. The van der Waals surface area contributed by atoms with Crippen LogP contribution in [-0.2, 0) is 11.2 Å². The van der Waals surface area contributed by atoms with Crippen LogP contribution in [0.25, 0.3) is 11.5 Å². The Balaban J connectivity index is 1.47. The van der Waals surface area contributed by atoms with E-state index in [-0.39, 0.29) is 11.2 Å². The number of benzene rings is 2. The predicted octanol–water partition coefficient (Wildman–Crippen LogP) is 3.81. The van der Waals surface area contributed by atoms with E-state index >= 15 is 0 Å². The number of nitrogens with zero attached hydrogens (tertiary/aromatic N) is 3. The Labute approximate surface area is 150 Å². The number of thioether (sulfide) groups is 1. The SMILES string of the molecule is C[C@H](Sc1nnc(-c2ccccc2)o1)C(=O)N1CCc2ccccc21. The van der Waals surface area contributed by atoms with E-state index in [0.717, 1.165) is 24.2 Å². The third-order valence-electron chi connectivity index (χ3n) is 4.21. The van der Waals surface area contributed by atoms with E-state index in [2.05, 4.69) is 16.3 Å². The van der Waals surface area contributed by atoms with Gasteiger partial charge in [-0.2, -0.15) is 0 Å². The van der Waals surface area contributed by atoms with Crippen LogP contribution in [0.5, 0.6) is 0 Å². The maximum absolute atomic E-state index is 12.8. The van der Waals surface area contributed by atoms with E-state index < -0.39 is 0 Å². The number of fused-ring (bicyclic) bond motifs is 1. The van der Waals surface area contributed by atoms with Gasteiger partial charge in [-0.05, 0) is 37.1 Å². The first kappa shape index (κ1) is 15.9. The van der Waals surface area contributed by atoms with Gasteiger partial charge >= 0.3 is 0 Å². The minimum Gasteiger partial charge on any atom is -0.411 e. The molecule has 1 atom stereocenters. The van der Waals surface area contributed by atoms with Crippen LogP contribution >= 0.6 is 11.8 Å². The normalized spacial score (nSPS) is 14.4. The van der Waals surface area contributed by atoms with Crippen LogP contribution < -0.4 is 4.90 Å².